The van der Waals surface area contributed by atoms with Crippen LogP contribution < -0.4 is 4.90 Å². The van der Waals surface area contributed by atoms with Gasteiger partial charge in [0.15, 0.2) is 0 Å². The molecule has 0 saturated heterocycles. The van der Waals surface area contributed by atoms with Gasteiger partial charge in [0.2, 0.25) is 5.28 Å². The molecule has 0 spiro atoms. The lowest BCUT2D eigenvalue weighted by Gasteiger charge is -2.14. The number of halogens is 1. The van der Waals surface area contributed by atoms with E-state index in [1.807, 2.05) is 19.0 Å². The van der Waals surface area contributed by atoms with Crippen LogP contribution in [0.3, 0.4) is 0 Å². The van der Waals surface area contributed by atoms with E-state index in [4.69, 9.17) is 11.6 Å². The van der Waals surface area contributed by atoms with Crippen molar-refractivity contribution in [2.75, 3.05) is 26.1 Å². The molecule has 0 aliphatic rings. The summed E-state index contributed by atoms with van der Waals surface area (Å²) in [4.78, 5) is 21.6. The zero-order valence-corrected chi connectivity index (χ0v) is 11.0. The fourth-order valence-corrected chi connectivity index (χ4v) is 1.84. The van der Waals surface area contributed by atoms with Gasteiger partial charge in [-0.05, 0) is 29.8 Å². The molecule has 0 amide bonds. The second-order valence-corrected chi connectivity index (χ2v) is 4.27. The Balaban J connectivity index is 2.67. The van der Waals surface area contributed by atoms with Crippen LogP contribution in [0.2, 0.25) is 5.28 Å². The van der Waals surface area contributed by atoms with Crippen molar-refractivity contribution >= 4 is 34.3 Å². The van der Waals surface area contributed by atoms with Crippen molar-refractivity contribution in [3.8, 4) is 0 Å². The van der Waals surface area contributed by atoms with E-state index in [2.05, 4.69) is 14.7 Å². The molecule has 2 rings (SSSR count). The van der Waals surface area contributed by atoms with E-state index in [1.165, 1.54) is 7.11 Å². The van der Waals surface area contributed by atoms with E-state index in [-0.39, 0.29) is 5.28 Å². The standard InChI is InChI=1S/C12H12ClN3O2/c1-16(2)10-8-5-4-7(11(17)18-3)6-9(8)14-12(13)15-10/h4-6H,1-3H3. The summed E-state index contributed by atoms with van der Waals surface area (Å²) in [6, 6.07) is 5.10. The first-order valence-corrected chi connectivity index (χ1v) is 5.63. The highest BCUT2D eigenvalue weighted by atomic mass is 35.5. The summed E-state index contributed by atoms with van der Waals surface area (Å²) in [5.74, 6) is 0.305. The van der Waals surface area contributed by atoms with Crippen LogP contribution in [0.1, 0.15) is 10.4 Å². The number of esters is 1. The maximum absolute atomic E-state index is 11.5. The third kappa shape index (κ3) is 2.22. The van der Waals surface area contributed by atoms with E-state index >= 15 is 0 Å². The van der Waals surface area contributed by atoms with Crippen LogP contribution in [0.15, 0.2) is 18.2 Å². The first-order chi connectivity index (χ1) is 8.52. The number of anilines is 1. The van der Waals surface area contributed by atoms with Crippen LogP contribution >= 0.6 is 11.6 Å². The van der Waals surface area contributed by atoms with E-state index < -0.39 is 5.97 Å². The molecule has 0 saturated carbocycles. The molecule has 1 heterocycles. The Labute approximate surface area is 109 Å². The number of aromatic nitrogens is 2. The highest BCUT2D eigenvalue weighted by Gasteiger charge is 2.12. The molecule has 2 aromatic rings. The summed E-state index contributed by atoms with van der Waals surface area (Å²) < 4.78 is 4.67. The fourth-order valence-electron chi connectivity index (χ4n) is 1.67. The predicted molar refractivity (Wildman–Crippen MR) is 70.2 cm³/mol. The monoisotopic (exact) mass is 265 g/mol. The molecule has 0 fully saturated rings. The molecule has 6 heteroatoms. The third-order valence-corrected chi connectivity index (χ3v) is 2.66. The largest absolute Gasteiger partial charge is 0.465 e. The lowest BCUT2D eigenvalue weighted by atomic mass is 10.1. The van der Waals surface area contributed by atoms with Crippen LogP contribution in [0.25, 0.3) is 10.9 Å². The number of fused-ring (bicyclic) bond motifs is 1. The molecule has 0 atom stereocenters. The molecule has 1 aromatic heterocycles. The van der Waals surface area contributed by atoms with Gasteiger partial charge in [0.1, 0.15) is 5.82 Å². The summed E-state index contributed by atoms with van der Waals surface area (Å²) in [7, 11) is 5.07. The molecule has 1 aromatic carbocycles. The Hall–Kier alpha value is -1.88. The molecule has 0 radical (unpaired) electrons. The topological polar surface area (TPSA) is 55.3 Å². The quantitative estimate of drug-likeness (QED) is 0.615. The second-order valence-electron chi connectivity index (χ2n) is 3.93. The molecular formula is C12H12ClN3O2. The molecule has 5 nitrogen and oxygen atoms in total. The number of methoxy groups -OCH3 is 1. The minimum atomic E-state index is -0.405. The molecule has 0 aliphatic carbocycles. The highest BCUT2D eigenvalue weighted by Crippen LogP contribution is 2.25. The van der Waals surface area contributed by atoms with Gasteiger partial charge in [-0.1, -0.05) is 0 Å². The van der Waals surface area contributed by atoms with Crippen molar-refractivity contribution in [1.82, 2.24) is 9.97 Å². The van der Waals surface area contributed by atoms with Crippen molar-refractivity contribution in [1.29, 1.82) is 0 Å². The van der Waals surface area contributed by atoms with Crippen LogP contribution in [0.5, 0.6) is 0 Å². The predicted octanol–water partition coefficient (Wildman–Crippen LogP) is 2.14. The average molecular weight is 266 g/mol. The van der Waals surface area contributed by atoms with E-state index in [9.17, 15) is 4.79 Å². The van der Waals surface area contributed by atoms with Crippen LogP contribution in [0, 0.1) is 0 Å². The first-order valence-electron chi connectivity index (χ1n) is 5.26. The van der Waals surface area contributed by atoms with Gasteiger partial charge in [-0.25, -0.2) is 9.78 Å². The Morgan fingerprint density at radius 2 is 2.06 bits per heavy atom. The third-order valence-electron chi connectivity index (χ3n) is 2.49. The highest BCUT2D eigenvalue weighted by molar-refractivity contribution is 6.28. The van der Waals surface area contributed by atoms with Gasteiger partial charge in [-0.3, -0.25) is 0 Å². The van der Waals surface area contributed by atoms with E-state index in [0.717, 1.165) is 5.39 Å². The fraction of sp³-hybridized carbons (Fsp3) is 0.250. The van der Waals surface area contributed by atoms with E-state index in [1.54, 1.807) is 18.2 Å². The molecule has 0 unspecified atom stereocenters. The zero-order valence-electron chi connectivity index (χ0n) is 10.3. The van der Waals surface area contributed by atoms with Crippen molar-refractivity contribution in [3.63, 3.8) is 0 Å². The van der Waals surface area contributed by atoms with Gasteiger partial charge in [-0.15, -0.1) is 0 Å². The lowest BCUT2D eigenvalue weighted by molar-refractivity contribution is 0.0601. The van der Waals surface area contributed by atoms with Crippen LogP contribution in [-0.4, -0.2) is 37.1 Å². The van der Waals surface area contributed by atoms with Crippen molar-refractivity contribution in [3.05, 3.63) is 29.0 Å². The molecule has 0 N–H and O–H groups in total. The number of hydrogen-bond acceptors (Lipinski definition) is 5. The molecule has 0 bridgehead atoms. The van der Waals surface area contributed by atoms with Crippen molar-refractivity contribution < 1.29 is 9.53 Å². The van der Waals surface area contributed by atoms with Gasteiger partial charge in [-0.2, -0.15) is 4.98 Å². The Kier molecular flexibility index (Phi) is 3.34. The van der Waals surface area contributed by atoms with Gasteiger partial charge in [0.05, 0.1) is 18.2 Å². The van der Waals surface area contributed by atoms with E-state index in [0.29, 0.717) is 16.9 Å². The molecule has 18 heavy (non-hydrogen) atoms. The summed E-state index contributed by atoms with van der Waals surface area (Å²) in [6.07, 6.45) is 0. The number of ether oxygens (including phenoxy) is 1. The summed E-state index contributed by atoms with van der Waals surface area (Å²) >= 11 is 5.87. The minimum absolute atomic E-state index is 0.146. The maximum atomic E-state index is 11.5. The minimum Gasteiger partial charge on any atom is -0.465 e. The number of carbonyl (C=O) groups excluding carboxylic acids is 1. The number of benzene rings is 1. The smallest absolute Gasteiger partial charge is 0.337 e. The number of carbonyl (C=O) groups is 1. The normalized spacial score (nSPS) is 10.4. The van der Waals surface area contributed by atoms with Crippen molar-refractivity contribution in [2.45, 2.75) is 0 Å². The van der Waals surface area contributed by atoms with Crippen molar-refractivity contribution in [2.24, 2.45) is 0 Å². The molecule has 0 aliphatic heterocycles. The number of nitrogens with zero attached hydrogens (tertiary/aromatic N) is 3. The summed E-state index contributed by atoms with van der Waals surface area (Å²) in [5.41, 5.74) is 1.05. The van der Waals surface area contributed by atoms with Crippen LogP contribution in [0.4, 0.5) is 5.82 Å². The molecular weight excluding hydrogens is 254 g/mol. The Bertz CT molecular complexity index is 614. The van der Waals surface area contributed by atoms with Gasteiger partial charge in [0.25, 0.3) is 0 Å². The van der Waals surface area contributed by atoms with Gasteiger partial charge < -0.3 is 9.64 Å². The first kappa shape index (κ1) is 12.6. The van der Waals surface area contributed by atoms with Gasteiger partial charge >= 0.3 is 5.97 Å². The summed E-state index contributed by atoms with van der Waals surface area (Å²) in [6.45, 7) is 0. The summed E-state index contributed by atoms with van der Waals surface area (Å²) in [5, 5.41) is 0.977. The SMILES string of the molecule is COC(=O)c1ccc2c(N(C)C)nc(Cl)nc2c1. The number of hydrogen-bond donors (Lipinski definition) is 0. The maximum Gasteiger partial charge on any atom is 0.337 e. The molecule has 94 valence electrons. The average Bonchev–Trinajstić information content (AvgIpc) is 2.35. The lowest BCUT2D eigenvalue weighted by Crippen LogP contribution is -2.12. The second kappa shape index (κ2) is 4.78. The Morgan fingerprint density at radius 3 is 2.67 bits per heavy atom. The van der Waals surface area contributed by atoms with Gasteiger partial charge in [0, 0.05) is 19.5 Å². The zero-order chi connectivity index (χ0) is 13.3. The Morgan fingerprint density at radius 1 is 1.33 bits per heavy atom. The van der Waals surface area contributed by atoms with Crippen LogP contribution in [-0.2, 0) is 4.74 Å². The number of rotatable bonds is 2.